The van der Waals surface area contributed by atoms with Crippen LogP contribution in [-0.2, 0) is 4.79 Å². The van der Waals surface area contributed by atoms with Gasteiger partial charge >= 0.3 is 0 Å². The molecular weight excluding hydrogens is 352 g/mol. The van der Waals surface area contributed by atoms with Gasteiger partial charge in [-0.2, -0.15) is 5.10 Å². The molecule has 2 rings (SSSR count). The van der Waals surface area contributed by atoms with E-state index < -0.39 is 22.3 Å². The summed E-state index contributed by atoms with van der Waals surface area (Å²) in [5, 5.41) is 29.6. The molecule has 0 aliphatic rings. The van der Waals surface area contributed by atoms with Crippen molar-refractivity contribution in [1.29, 1.82) is 0 Å². The molecule has 0 fully saturated rings. The van der Waals surface area contributed by atoms with E-state index in [1.165, 1.54) is 12.3 Å². The number of ether oxygens (including phenoxy) is 1. The van der Waals surface area contributed by atoms with Crippen LogP contribution in [0.5, 0.6) is 11.5 Å². The third-order valence-corrected chi connectivity index (χ3v) is 3.46. The Kier molecular flexibility index (Phi) is 6.70. The first-order chi connectivity index (χ1) is 12.9. The monoisotopic (exact) mass is 371 g/mol. The highest BCUT2D eigenvalue weighted by Gasteiger charge is 2.13. The number of carbonyl (C=O) groups excluding carboxylic acids is 1. The summed E-state index contributed by atoms with van der Waals surface area (Å²) in [4.78, 5) is 22.0. The lowest BCUT2D eigenvalue weighted by Gasteiger charge is -2.14. The SMILES string of the molecule is CCOc1cc(/C=N\NC(=O)CNc2ccc(C)cc2)cc([N+](=O)[O-])c1[O-]. The summed E-state index contributed by atoms with van der Waals surface area (Å²) < 4.78 is 5.12. The number of nitrogens with one attached hydrogen (secondary N) is 2. The highest BCUT2D eigenvalue weighted by atomic mass is 16.6. The third kappa shape index (κ3) is 5.70. The molecule has 0 saturated heterocycles. The van der Waals surface area contributed by atoms with Crippen LogP contribution in [0, 0.1) is 17.0 Å². The number of anilines is 1. The molecule has 0 saturated carbocycles. The molecule has 0 heterocycles. The maximum atomic E-state index is 11.9. The lowest BCUT2D eigenvalue weighted by atomic mass is 10.2. The van der Waals surface area contributed by atoms with Gasteiger partial charge in [-0.05, 0) is 32.0 Å². The first kappa shape index (κ1) is 19.7. The fourth-order valence-corrected chi connectivity index (χ4v) is 2.15. The zero-order valence-electron chi connectivity index (χ0n) is 14.9. The highest BCUT2D eigenvalue weighted by molar-refractivity contribution is 5.86. The topological polar surface area (TPSA) is 129 Å². The molecule has 27 heavy (non-hydrogen) atoms. The van der Waals surface area contributed by atoms with Crippen molar-refractivity contribution in [1.82, 2.24) is 5.43 Å². The average molecular weight is 371 g/mol. The first-order valence-corrected chi connectivity index (χ1v) is 8.15. The summed E-state index contributed by atoms with van der Waals surface area (Å²) in [5.41, 5.74) is 3.86. The highest BCUT2D eigenvalue weighted by Crippen LogP contribution is 2.34. The zero-order valence-corrected chi connectivity index (χ0v) is 14.9. The molecule has 0 bridgehead atoms. The standard InChI is InChI=1S/C18H20N4O5/c1-3-27-16-9-13(8-15(18(16)24)22(25)26)10-20-21-17(23)11-19-14-6-4-12(2)5-7-14/h4-10,19,24H,3,11H2,1-2H3,(H,21,23)/p-1/b20-10-. The molecule has 0 aliphatic carbocycles. The zero-order chi connectivity index (χ0) is 19.8. The lowest BCUT2D eigenvalue weighted by Crippen LogP contribution is -2.25. The van der Waals surface area contributed by atoms with E-state index in [0.29, 0.717) is 0 Å². The van der Waals surface area contributed by atoms with Crippen LogP contribution in [0.2, 0.25) is 0 Å². The van der Waals surface area contributed by atoms with E-state index in [9.17, 15) is 20.0 Å². The Labute approximate surface area is 155 Å². The molecule has 0 atom stereocenters. The summed E-state index contributed by atoms with van der Waals surface area (Å²) in [5.74, 6) is -1.34. The Morgan fingerprint density at radius 3 is 2.63 bits per heavy atom. The summed E-state index contributed by atoms with van der Waals surface area (Å²) in [6.45, 7) is 3.82. The van der Waals surface area contributed by atoms with E-state index >= 15 is 0 Å². The predicted molar refractivity (Wildman–Crippen MR) is 99.1 cm³/mol. The van der Waals surface area contributed by atoms with Gasteiger partial charge in [-0.15, -0.1) is 0 Å². The summed E-state index contributed by atoms with van der Waals surface area (Å²) in [6, 6.07) is 9.95. The minimum absolute atomic E-state index is 0.00421. The summed E-state index contributed by atoms with van der Waals surface area (Å²) in [7, 11) is 0. The molecule has 0 aromatic heterocycles. The Morgan fingerprint density at radius 1 is 1.30 bits per heavy atom. The fourth-order valence-electron chi connectivity index (χ4n) is 2.15. The third-order valence-electron chi connectivity index (χ3n) is 3.46. The fraction of sp³-hybridized carbons (Fsp3) is 0.222. The number of nitrogens with zero attached hydrogens (tertiary/aromatic N) is 2. The molecule has 0 spiro atoms. The van der Waals surface area contributed by atoms with Gasteiger partial charge in [0.2, 0.25) is 0 Å². The first-order valence-electron chi connectivity index (χ1n) is 8.15. The Balaban J connectivity index is 1.99. The number of nitro groups is 1. The molecule has 2 aromatic carbocycles. The van der Waals surface area contributed by atoms with E-state index in [-0.39, 0.29) is 24.5 Å². The van der Waals surface area contributed by atoms with Crippen LogP contribution in [-0.4, -0.2) is 30.2 Å². The average Bonchev–Trinajstić information content (AvgIpc) is 2.63. The van der Waals surface area contributed by atoms with Crippen LogP contribution >= 0.6 is 0 Å². The van der Waals surface area contributed by atoms with Crippen molar-refractivity contribution >= 4 is 23.5 Å². The van der Waals surface area contributed by atoms with Crippen LogP contribution in [0.15, 0.2) is 41.5 Å². The van der Waals surface area contributed by atoms with Crippen LogP contribution in [0.25, 0.3) is 0 Å². The van der Waals surface area contributed by atoms with Crippen molar-refractivity contribution in [2.45, 2.75) is 13.8 Å². The second-order valence-electron chi connectivity index (χ2n) is 5.57. The molecule has 0 unspecified atom stereocenters. The smallest absolute Gasteiger partial charge is 0.266 e. The Bertz CT molecular complexity index is 850. The van der Waals surface area contributed by atoms with Gasteiger partial charge in [-0.25, -0.2) is 5.43 Å². The van der Waals surface area contributed by atoms with E-state index in [1.54, 1.807) is 6.92 Å². The number of nitro benzene ring substituents is 1. The number of carbonyl (C=O) groups is 1. The molecule has 0 aliphatic heterocycles. The maximum absolute atomic E-state index is 11.9. The molecule has 0 radical (unpaired) electrons. The number of hydrogen-bond acceptors (Lipinski definition) is 7. The minimum Gasteiger partial charge on any atom is -0.865 e. The van der Waals surface area contributed by atoms with Crippen LogP contribution < -0.4 is 20.6 Å². The summed E-state index contributed by atoms with van der Waals surface area (Å²) >= 11 is 0. The van der Waals surface area contributed by atoms with Crippen LogP contribution in [0.3, 0.4) is 0 Å². The van der Waals surface area contributed by atoms with Gasteiger partial charge in [0.1, 0.15) is 5.75 Å². The quantitative estimate of drug-likeness (QED) is 0.414. The number of benzene rings is 2. The van der Waals surface area contributed by atoms with Gasteiger partial charge in [-0.1, -0.05) is 17.7 Å². The molecule has 9 heteroatoms. The number of rotatable bonds is 8. The predicted octanol–water partition coefficient (Wildman–Crippen LogP) is 1.94. The van der Waals surface area contributed by atoms with Crippen molar-refractivity contribution in [3.05, 3.63) is 57.6 Å². The largest absolute Gasteiger partial charge is 0.865 e. The Hall–Kier alpha value is -3.62. The van der Waals surface area contributed by atoms with Crippen molar-refractivity contribution in [2.75, 3.05) is 18.5 Å². The van der Waals surface area contributed by atoms with Gasteiger partial charge in [0.15, 0.2) is 0 Å². The summed E-state index contributed by atoms with van der Waals surface area (Å²) in [6.07, 6.45) is 1.21. The molecule has 1 amide bonds. The Morgan fingerprint density at radius 2 is 2.00 bits per heavy atom. The van der Waals surface area contributed by atoms with E-state index in [4.69, 9.17) is 4.74 Å². The molecule has 2 aromatic rings. The second kappa shape index (κ2) is 9.18. The lowest BCUT2D eigenvalue weighted by molar-refractivity contribution is -0.398. The molecule has 142 valence electrons. The van der Waals surface area contributed by atoms with Gasteiger partial charge in [0, 0.05) is 23.1 Å². The maximum Gasteiger partial charge on any atom is 0.266 e. The van der Waals surface area contributed by atoms with Gasteiger partial charge in [-0.3, -0.25) is 14.9 Å². The second-order valence-corrected chi connectivity index (χ2v) is 5.57. The normalized spacial score (nSPS) is 10.6. The van der Waals surface area contributed by atoms with E-state index in [0.717, 1.165) is 17.3 Å². The molecular formula is C18H19N4O5-. The molecule has 9 nitrogen and oxygen atoms in total. The molecule has 2 N–H and O–H groups in total. The van der Waals surface area contributed by atoms with Crippen molar-refractivity contribution < 1.29 is 19.6 Å². The van der Waals surface area contributed by atoms with Crippen molar-refractivity contribution in [3.8, 4) is 11.5 Å². The van der Waals surface area contributed by atoms with Crippen LogP contribution in [0.1, 0.15) is 18.1 Å². The number of hydrogen-bond donors (Lipinski definition) is 2. The van der Waals surface area contributed by atoms with E-state index in [2.05, 4.69) is 15.8 Å². The van der Waals surface area contributed by atoms with Crippen LogP contribution in [0.4, 0.5) is 11.4 Å². The minimum atomic E-state index is -0.801. The van der Waals surface area contributed by atoms with E-state index in [1.807, 2.05) is 31.2 Å². The van der Waals surface area contributed by atoms with Crippen molar-refractivity contribution in [3.63, 3.8) is 0 Å². The van der Waals surface area contributed by atoms with Crippen molar-refractivity contribution in [2.24, 2.45) is 5.10 Å². The van der Waals surface area contributed by atoms with Gasteiger partial charge < -0.3 is 15.2 Å². The number of hydrazone groups is 1. The number of amides is 1. The van der Waals surface area contributed by atoms with Gasteiger partial charge in [0.05, 0.1) is 24.3 Å². The van der Waals surface area contributed by atoms with Gasteiger partial charge in [0.25, 0.3) is 11.6 Å². The number of aryl methyl sites for hydroxylation is 1.